The number of rotatable bonds is 4. The Hall–Kier alpha value is -1.78. The normalized spacial score (nSPS) is 24.0. The summed E-state index contributed by atoms with van der Waals surface area (Å²) in [5.74, 6) is -0.548. The molecule has 5 nitrogen and oxygen atoms in total. The van der Waals surface area contributed by atoms with E-state index in [1.807, 2.05) is 32.9 Å². The zero-order chi connectivity index (χ0) is 14.4. The van der Waals surface area contributed by atoms with Gasteiger partial charge in [0, 0.05) is 7.05 Å². The molecular weight excluding hydrogens is 246 g/mol. The molecule has 1 saturated carbocycles. The minimum absolute atomic E-state index is 0.133. The molecule has 0 bridgehead atoms. The molecule has 2 rings (SSSR count). The van der Waals surface area contributed by atoms with Gasteiger partial charge in [0.15, 0.2) is 0 Å². The van der Waals surface area contributed by atoms with E-state index in [1.165, 1.54) is 4.90 Å². The summed E-state index contributed by atoms with van der Waals surface area (Å²) < 4.78 is 5.42. The van der Waals surface area contributed by atoms with E-state index in [-0.39, 0.29) is 5.91 Å². The number of hydrogen-bond acceptors (Lipinski definition) is 3. The molecule has 1 aromatic rings. The van der Waals surface area contributed by atoms with E-state index in [2.05, 4.69) is 0 Å². The van der Waals surface area contributed by atoms with Crippen LogP contribution in [0, 0.1) is 24.2 Å². The molecule has 1 N–H and O–H groups in total. The SMILES string of the molecule is Cc1ccc(CN(C)C(=O)C2C(C(=O)O)C2(C)C)o1. The summed E-state index contributed by atoms with van der Waals surface area (Å²) >= 11 is 0. The summed E-state index contributed by atoms with van der Waals surface area (Å²) in [5.41, 5.74) is -0.462. The Morgan fingerprint density at radius 3 is 2.42 bits per heavy atom. The van der Waals surface area contributed by atoms with Crippen molar-refractivity contribution in [3.05, 3.63) is 23.7 Å². The van der Waals surface area contributed by atoms with Crippen LogP contribution in [0.3, 0.4) is 0 Å². The van der Waals surface area contributed by atoms with Crippen LogP contribution in [0.1, 0.15) is 25.4 Å². The van der Waals surface area contributed by atoms with Crippen LogP contribution in [0.25, 0.3) is 0 Å². The summed E-state index contributed by atoms with van der Waals surface area (Å²) in [4.78, 5) is 24.9. The van der Waals surface area contributed by atoms with Gasteiger partial charge in [-0.25, -0.2) is 0 Å². The van der Waals surface area contributed by atoms with Gasteiger partial charge in [-0.1, -0.05) is 13.8 Å². The number of carbonyl (C=O) groups excluding carboxylic acids is 1. The van der Waals surface area contributed by atoms with Gasteiger partial charge in [0.2, 0.25) is 5.91 Å². The Kier molecular flexibility index (Phi) is 3.16. The number of aryl methyl sites for hydroxylation is 1. The molecule has 5 heteroatoms. The van der Waals surface area contributed by atoms with Crippen LogP contribution >= 0.6 is 0 Å². The lowest BCUT2D eigenvalue weighted by Gasteiger charge is -2.16. The highest BCUT2D eigenvalue weighted by Gasteiger charge is 2.66. The smallest absolute Gasteiger partial charge is 0.307 e. The van der Waals surface area contributed by atoms with Crippen LogP contribution in [0.5, 0.6) is 0 Å². The lowest BCUT2D eigenvalue weighted by atomic mass is 10.1. The predicted molar refractivity (Wildman–Crippen MR) is 68.3 cm³/mol. The van der Waals surface area contributed by atoms with E-state index < -0.39 is 23.2 Å². The third kappa shape index (κ3) is 2.37. The number of nitrogens with zero attached hydrogens (tertiary/aromatic N) is 1. The summed E-state index contributed by atoms with van der Waals surface area (Å²) in [7, 11) is 1.67. The molecular formula is C14H19NO4. The molecule has 1 aromatic heterocycles. The van der Waals surface area contributed by atoms with Crippen molar-refractivity contribution in [2.45, 2.75) is 27.3 Å². The van der Waals surface area contributed by atoms with Crippen molar-refractivity contribution in [1.82, 2.24) is 4.90 Å². The first-order valence-corrected chi connectivity index (χ1v) is 6.28. The summed E-state index contributed by atoms with van der Waals surface area (Å²) in [6.07, 6.45) is 0. The van der Waals surface area contributed by atoms with Crippen LogP contribution in [0.2, 0.25) is 0 Å². The van der Waals surface area contributed by atoms with Crippen LogP contribution in [-0.2, 0) is 16.1 Å². The van der Waals surface area contributed by atoms with E-state index in [1.54, 1.807) is 7.05 Å². The van der Waals surface area contributed by atoms with Crippen molar-refractivity contribution in [2.24, 2.45) is 17.3 Å². The molecule has 2 unspecified atom stereocenters. The number of hydrogen-bond donors (Lipinski definition) is 1. The first-order valence-electron chi connectivity index (χ1n) is 6.28. The number of amides is 1. The lowest BCUT2D eigenvalue weighted by Crippen LogP contribution is -2.29. The highest BCUT2D eigenvalue weighted by molar-refractivity contribution is 5.91. The van der Waals surface area contributed by atoms with Crippen molar-refractivity contribution < 1.29 is 19.1 Å². The number of carboxylic acid groups (broad SMARTS) is 1. The summed E-state index contributed by atoms with van der Waals surface area (Å²) in [5, 5.41) is 9.09. The maximum atomic E-state index is 12.3. The Morgan fingerprint density at radius 2 is 2.00 bits per heavy atom. The van der Waals surface area contributed by atoms with E-state index in [9.17, 15) is 9.59 Å². The quantitative estimate of drug-likeness (QED) is 0.902. The minimum atomic E-state index is -0.898. The molecule has 1 aliphatic carbocycles. The van der Waals surface area contributed by atoms with Gasteiger partial charge >= 0.3 is 5.97 Å². The first kappa shape index (κ1) is 13.6. The number of furan rings is 1. The van der Waals surface area contributed by atoms with E-state index in [0.717, 1.165) is 5.76 Å². The standard InChI is InChI=1S/C14H19NO4/c1-8-5-6-9(19-8)7-15(4)12(16)10-11(13(17)18)14(10,2)3/h5-6,10-11H,7H2,1-4H3,(H,17,18). The second-order valence-corrected chi connectivity index (χ2v) is 5.82. The van der Waals surface area contributed by atoms with Crippen LogP contribution in [0.4, 0.5) is 0 Å². The molecule has 19 heavy (non-hydrogen) atoms. The second-order valence-electron chi connectivity index (χ2n) is 5.82. The number of carboxylic acids is 1. The average Bonchev–Trinajstić information content (AvgIpc) is 2.63. The Bertz CT molecular complexity index is 517. The van der Waals surface area contributed by atoms with E-state index in [4.69, 9.17) is 9.52 Å². The maximum absolute atomic E-state index is 12.3. The van der Waals surface area contributed by atoms with Gasteiger partial charge < -0.3 is 14.4 Å². The monoisotopic (exact) mass is 265 g/mol. The highest BCUT2D eigenvalue weighted by Crippen LogP contribution is 2.58. The first-order chi connectivity index (χ1) is 8.75. The topological polar surface area (TPSA) is 70.8 Å². The largest absolute Gasteiger partial charge is 0.481 e. The third-order valence-corrected chi connectivity index (χ3v) is 3.92. The molecule has 0 spiro atoms. The number of aliphatic carboxylic acids is 1. The molecule has 0 radical (unpaired) electrons. The van der Waals surface area contributed by atoms with Gasteiger partial charge in [0.1, 0.15) is 11.5 Å². The predicted octanol–water partition coefficient (Wildman–Crippen LogP) is 1.90. The van der Waals surface area contributed by atoms with E-state index in [0.29, 0.717) is 12.3 Å². The molecule has 104 valence electrons. The molecule has 0 saturated heterocycles. The van der Waals surface area contributed by atoms with Gasteiger partial charge in [-0.05, 0) is 24.5 Å². The van der Waals surface area contributed by atoms with Gasteiger partial charge in [-0.3, -0.25) is 9.59 Å². The molecule has 1 aliphatic rings. The van der Waals surface area contributed by atoms with Crippen LogP contribution in [0.15, 0.2) is 16.5 Å². The Morgan fingerprint density at radius 1 is 1.37 bits per heavy atom. The van der Waals surface area contributed by atoms with Crippen molar-refractivity contribution in [1.29, 1.82) is 0 Å². The van der Waals surface area contributed by atoms with E-state index >= 15 is 0 Å². The van der Waals surface area contributed by atoms with Gasteiger partial charge in [0.25, 0.3) is 0 Å². The Balaban J connectivity index is 2.03. The molecule has 1 amide bonds. The van der Waals surface area contributed by atoms with Crippen molar-refractivity contribution in [3.63, 3.8) is 0 Å². The van der Waals surface area contributed by atoms with Crippen molar-refractivity contribution in [3.8, 4) is 0 Å². The fourth-order valence-corrected chi connectivity index (χ4v) is 2.68. The average molecular weight is 265 g/mol. The molecule has 1 fully saturated rings. The zero-order valence-corrected chi connectivity index (χ0v) is 11.6. The molecule has 0 aromatic carbocycles. The Labute approximate surface area is 112 Å². The summed E-state index contributed by atoms with van der Waals surface area (Å²) in [6.45, 7) is 5.85. The van der Waals surface area contributed by atoms with Crippen LogP contribution in [-0.4, -0.2) is 28.9 Å². The van der Waals surface area contributed by atoms with Gasteiger partial charge in [-0.2, -0.15) is 0 Å². The lowest BCUT2D eigenvalue weighted by molar-refractivity contribution is -0.141. The fraction of sp³-hybridized carbons (Fsp3) is 0.571. The summed E-state index contributed by atoms with van der Waals surface area (Å²) in [6, 6.07) is 3.67. The molecule has 1 heterocycles. The molecule has 0 aliphatic heterocycles. The molecule has 2 atom stereocenters. The van der Waals surface area contributed by atoms with Crippen LogP contribution < -0.4 is 0 Å². The second kappa shape index (κ2) is 4.40. The minimum Gasteiger partial charge on any atom is -0.481 e. The van der Waals surface area contributed by atoms with Gasteiger partial charge in [0.05, 0.1) is 18.4 Å². The maximum Gasteiger partial charge on any atom is 0.307 e. The number of carbonyl (C=O) groups is 2. The van der Waals surface area contributed by atoms with Gasteiger partial charge in [-0.15, -0.1) is 0 Å². The van der Waals surface area contributed by atoms with Crippen molar-refractivity contribution in [2.75, 3.05) is 7.05 Å². The zero-order valence-electron chi connectivity index (χ0n) is 11.6. The van der Waals surface area contributed by atoms with Crippen molar-refractivity contribution >= 4 is 11.9 Å². The fourth-order valence-electron chi connectivity index (χ4n) is 2.68. The highest BCUT2D eigenvalue weighted by atomic mass is 16.4. The third-order valence-electron chi connectivity index (χ3n) is 3.92.